The van der Waals surface area contributed by atoms with Crippen LogP contribution >= 0.6 is 14.9 Å². The third kappa shape index (κ3) is 5.49. The number of alkyl halides is 2. The Morgan fingerprint density at radius 1 is 0.978 bits per heavy atom. The summed E-state index contributed by atoms with van der Waals surface area (Å²) < 4.78 is 107. The predicted octanol–water partition coefficient (Wildman–Crippen LogP) is -0.177. The molecule has 4 saturated heterocycles. The Hall–Kier alpha value is -2.54. The van der Waals surface area contributed by atoms with E-state index in [4.69, 9.17) is 48.4 Å². The van der Waals surface area contributed by atoms with E-state index in [1.165, 1.54) is 10.9 Å². The lowest BCUT2D eigenvalue weighted by atomic mass is 10.0. The number of halogens is 3. The zero-order chi connectivity index (χ0) is 31.8. The first kappa shape index (κ1) is 31.1. The molecule has 5 aliphatic rings. The number of rotatable bonds is 2. The number of ether oxygens (including phenoxy) is 2. The maximum absolute atomic E-state index is 16.0. The van der Waals surface area contributed by atoms with Crippen molar-refractivity contribution in [2.75, 3.05) is 25.6 Å². The van der Waals surface area contributed by atoms with Gasteiger partial charge in [-0.05, 0) is 0 Å². The molecule has 0 spiro atoms. The van der Waals surface area contributed by atoms with Crippen molar-refractivity contribution in [3.8, 4) is 0 Å². The smallest absolute Gasteiger partial charge is 0.264 e. The van der Waals surface area contributed by atoms with Crippen LogP contribution in [0.2, 0.25) is 0 Å². The number of carbonyl (C=O) groups excluding carboxylic acids is 1. The Bertz CT molecular complexity index is 1650. The maximum Gasteiger partial charge on any atom is 0.264 e. The molecule has 24 heteroatoms. The van der Waals surface area contributed by atoms with Crippen LogP contribution < -0.4 is 16.4 Å². The van der Waals surface area contributed by atoms with Crippen LogP contribution in [0.1, 0.15) is 6.23 Å². The second kappa shape index (κ2) is 11.3. The van der Waals surface area contributed by atoms with Crippen LogP contribution in [0.3, 0.4) is 0 Å². The zero-order valence-electron chi connectivity index (χ0n) is 22.8. The highest BCUT2D eigenvalue weighted by molar-refractivity contribution is 7.79. The third-order valence-electron chi connectivity index (χ3n) is 7.93. The summed E-state index contributed by atoms with van der Waals surface area (Å²) in [5.41, 5.74) is 6.07. The Morgan fingerprint density at radius 2 is 1.60 bits per heavy atom. The van der Waals surface area contributed by atoms with Gasteiger partial charge in [0.05, 0.1) is 26.2 Å². The summed E-state index contributed by atoms with van der Waals surface area (Å²) in [5, 5.41) is 5.28. The summed E-state index contributed by atoms with van der Waals surface area (Å²) in [6, 6.07) is 0. The highest BCUT2D eigenvalue weighted by Gasteiger charge is 2.56. The first-order valence-corrected chi connectivity index (χ1v) is 16.7. The van der Waals surface area contributed by atoms with Crippen molar-refractivity contribution in [2.24, 2.45) is 5.92 Å². The van der Waals surface area contributed by atoms with Gasteiger partial charge in [-0.2, -0.15) is 0 Å². The van der Waals surface area contributed by atoms with Crippen LogP contribution in [0.15, 0.2) is 24.7 Å². The fourth-order valence-corrected chi connectivity index (χ4v) is 7.90. The van der Waals surface area contributed by atoms with E-state index in [1.54, 1.807) is 0 Å². The molecule has 7 heterocycles. The lowest BCUT2D eigenvalue weighted by Gasteiger charge is -2.37. The van der Waals surface area contributed by atoms with Gasteiger partial charge in [0.25, 0.3) is 14.9 Å². The normalized spacial score (nSPS) is 43.9. The molecule has 1 amide bonds. The Balaban J connectivity index is 1.13. The van der Waals surface area contributed by atoms with Gasteiger partial charge < -0.3 is 43.5 Å². The highest BCUT2D eigenvalue weighted by atomic mass is 31.2. The SMILES string of the molecule is [B][P@]1(=O)OC[C@H]2O[C@@H](n3cnc4c(N)ncnc43)[C@@H](F)C2O[P@]([B])(=O)OC[C@H]2O[C@@H](N3C=C(F)C4C(=O)NCNC43)[C@@H](F)C2O1. The average Bonchev–Trinajstić information content (AvgIpc) is 3.71. The van der Waals surface area contributed by atoms with Gasteiger partial charge in [0.1, 0.15) is 54.2 Å². The van der Waals surface area contributed by atoms with Gasteiger partial charge in [-0.25, -0.2) is 28.1 Å². The first-order valence-electron chi connectivity index (χ1n) is 13.4. The fourth-order valence-electron chi connectivity index (χ4n) is 5.89. The Labute approximate surface area is 254 Å². The van der Waals surface area contributed by atoms with Gasteiger partial charge in [-0.1, -0.05) is 0 Å². The molecule has 12 atom stereocenters. The van der Waals surface area contributed by atoms with E-state index < -0.39 is 101 Å². The topological polar surface area (TPSA) is 204 Å². The molecule has 0 aromatic carbocycles. The molecular weight excluding hydrogens is 649 g/mol. The fraction of sp³-hybridized carbons (Fsp3) is 0.619. The van der Waals surface area contributed by atoms with Gasteiger partial charge in [-0.15, -0.1) is 0 Å². The van der Waals surface area contributed by atoms with Crippen LogP contribution in [0.25, 0.3) is 11.2 Å². The number of nitrogen functional groups attached to an aromatic ring is 1. The van der Waals surface area contributed by atoms with Crippen molar-refractivity contribution < 1.29 is 54.7 Å². The molecule has 17 nitrogen and oxygen atoms in total. The summed E-state index contributed by atoms with van der Waals surface area (Å²) in [5.74, 6) is -2.76. The van der Waals surface area contributed by atoms with Crippen molar-refractivity contribution in [2.45, 2.75) is 55.4 Å². The molecule has 4 N–H and O–H groups in total. The standard InChI is InChI=1S/C21H23B2F3N8O9P2/c22-44(36)39-3-9-15(12(26)21(41-9)34-6-32-13-16(27)28-4-30-18(13)34)43-45(23,37)38-2-8-14(42-44)11(25)20(40-8)33-1-7(24)10-17(33)29-5-31-19(10)35/h1,4,6,8-12,14-15,17,20-21,29H,2-3,5H2,(H,31,35)(H2,27,28,30)/t8-,9-,10?,11+,12+,14?,15?,17?,20-,21-,44+,45-/m1/s1. The molecule has 4 unspecified atom stereocenters. The number of carbonyl (C=O) groups is 1. The molecule has 2 aromatic heterocycles. The van der Waals surface area contributed by atoms with E-state index in [9.17, 15) is 18.3 Å². The lowest BCUT2D eigenvalue weighted by Crippen LogP contribution is -2.60. The molecular formula is C21H23B2F3N8O9P2. The summed E-state index contributed by atoms with van der Waals surface area (Å²) >= 11 is 0. The van der Waals surface area contributed by atoms with Crippen molar-refractivity contribution in [1.29, 1.82) is 0 Å². The zero-order valence-corrected chi connectivity index (χ0v) is 24.6. The molecule has 45 heavy (non-hydrogen) atoms. The Kier molecular flexibility index (Phi) is 7.81. The number of fused-ring (bicyclic) bond motifs is 4. The number of amides is 1. The summed E-state index contributed by atoms with van der Waals surface area (Å²) in [4.78, 5) is 25.2. The summed E-state index contributed by atoms with van der Waals surface area (Å²) in [7, 11) is 2.28. The molecule has 4 radical (unpaired) electrons. The Morgan fingerprint density at radius 3 is 2.27 bits per heavy atom. The molecule has 4 fully saturated rings. The number of nitrogens with one attached hydrogen (secondary N) is 2. The largest absolute Gasteiger partial charge is 0.382 e. The van der Waals surface area contributed by atoms with Crippen molar-refractivity contribution in [3.63, 3.8) is 0 Å². The van der Waals surface area contributed by atoms with Gasteiger partial charge in [0.15, 0.2) is 36.3 Å². The quantitative estimate of drug-likeness (QED) is 0.280. The molecule has 0 saturated carbocycles. The molecule has 5 aliphatic heterocycles. The van der Waals surface area contributed by atoms with Crippen LogP contribution in [0.5, 0.6) is 0 Å². The average molecular weight is 672 g/mol. The third-order valence-corrected chi connectivity index (χ3v) is 10.0. The van der Waals surface area contributed by atoms with Crippen LogP contribution in [0.4, 0.5) is 19.0 Å². The molecule has 0 aliphatic carbocycles. The van der Waals surface area contributed by atoms with Crippen LogP contribution in [-0.2, 0) is 41.5 Å². The molecule has 7 rings (SSSR count). The van der Waals surface area contributed by atoms with E-state index >= 15 is 8.78 Å². The number of anilines is 1. The lowest BCUT2D eigenvalue weighted by molar-refractivity contribution is -0.132. The maximum atomic E-state index is 16.0. The summed E-state index contributed by atoms with van der Waals surface area (Å²) in [6.45, 7) is -1.59. The number of aromatic nitrogens is 4. The predicted molar refractivity (Wildman–Crippen MR) is 145 cm³/mol. The van der Waals surface area contributed by atoms with Gasteiger partial charge in [0.2, 0.25) is 21.0 Å². The van der Waals surface area contributed by atoms with E-state index in [0.717, 1.165) is 17.4 Å². The van der Waals surface area contributed by atoms with Crippen molar-refractivity contribution in [1.82, 2.24) is 35.1 Å². The number of nitrogens with zero attached hydrogens (tertiary/aromatic N) is 5. The number of imidazole rings is 1. The molecule has 2 aromatic rings. The number of hydrogen-bond acceptors (Lipinski definition) is 15. The first-order chi connectivity index (χ1) is 21.3. The summed E-state index contributed by atoms with van der Waals surface area (Å²) in [6.07, 6.45) is -11.7. The van der Waals surface area contributed by atoms with Gasteiger partial charge in [-0.3, -0.25) is 23.8 Å². The van der Waals surface area contributed by atoms with Crippen LogP contribution in [-0.4, -0.2) is 114 Å². The minimum Gasteiger partial charge on any atom is -0.382 e. The minimum absolute atomic E-state index is 0.0201. The van der Waals surface area contributed by atoms with Crippen molar-refractivity contribution >= 4 is 53.0 Å². The molecule has 238 valence electrons. The van der Waals surface area contributed by atoms with Crippen molar-refractivity contribution in [3.05, 3.63) is 24.7 Å². The van der Waals surface area contributed by atoms with E-state index in [2.05, 4.69) is 25.6 Å². The second-order valence-electron chi connectivity index (χ2n) is 10.7. The van der Waals surface area contributed by atoms with Crippen LogP contribution in [0, 0.1) is 5.92 Å². The molecule has 0 bridgehead atoms. The number of hydrogen-bond donors (Lipinski definition) is 3. The van der Waals surface area contributed by atoms with E-state index in [1.807, 2.05) is 0 Å². The number of nitrogens with two attached hydrogens (primary N) is 1. The second-order valence-corrected chi connectivity index (χ2v) is 13.8. The van der Waals surface area contributed by atoms with E-state index in [0.29, 0.717) is 0 Å². The van der Waals surface area contributed by atoms with E-state index in [-0.39, 0.29) is 23.7 Å². The van der Waals surface area contributed by atoms with Gasteiger partial charge >= 0.3 is 0 Å². The highest BCUT2D eigenvalue weighted by Crippen LogP contribution is 2.53. The monoisotopic (exact) mass is 672 g/mol. The van der Waals surface area contributed by atoms with Gasteiger partial charge in [0, 0.05) is 6.20 Å². The minimum atomic E-state index is -4.66.